The van der Waals surface area contributed by atoms with E-state index in [1.165, 1.54) is 12.8 Å². The van der Waals surface area contributed by atoms with E-state index in [2.05, 4.69) is 48.9 Å². The molecule has 0 N–H and O–H groups in total. The standard InChI is InChI=1S/C9H17Br/c1-9(2,3)7-5-4-6-8-10/h5,7H,4,6,8H2,1-3H3/b7-5+. The summed E-state index contributed by atoms with van der Waals surface area (Å²) < 4.78 is 0. The number of allylic oxidation sites excluding steroid dienone is 2. The summed E-state index contributed by atoms with van der Waals surface area (Å²) in [5.74, 6) is 0. The molecule has 0 aliphatic carbocycles. The Morgan fingerprint density at radius 2 is 1.90 bits per heavy atom. The van der Waals surface area contributed by atoms with Gasteiger partial charge in [-0.1, -0.05) is 48.9 Å². The zero-order valence-corrected chi connectivity index (χ0v) is 8.74. The van der Waals surface area contributed by atoms with Gasteiger partial charge in [0, 0.05) is 5.33 Å². The van der Waals surface area contributed by atoms with Crippen molar-refractivity contribution in [2.75, 3.05) is 5.33 Å². The summed E-state index contributed by atoms with van der Waals surface area (Å²) in [5, 5.41) is 1.11. The third-order valence-electron chi connectivity index (χ3n) is 1.12. The molecular formula is C9H17Br. The average molecular weight is 205 g/mol. The topological polar surface area (TPSA) is 0 Å². The van der Waals surface area contributed by atoms with Gasteiger partial charge in [0.2, 0.25) is 0 Å². The minimum atomic E-state index is 0.353. The van der Waals surface area contributed by atoms with E-state index in [4.69, 9.17) is 0 Å². The van der Waals surface area contributed by atoms with Crippen LogP contribution in [0.4, 0.5) is 0 Å². The van der Waals surface area contributed by atoms with E-state index in [-0.39, 0.29) is 0 Å². The van der Waals surface area contributed by atoms with Crippen LogP contribution in [0, 0.1) is 5.41 Å². The number of alkyl halides is 1. The van der Waals surface area contributed by atoms with Crippen LogP contribution in [0.5, 0.6) is 0 Å². The van der Waals surface area contributed by atoms with Gasteiger partial charge >= 0.3 is 0 Å². The molecule has 0 aromatic heterocycles. The molecule has 0 fully saturated rings. The van der Waals surface area contributed by atoms with Gasteiger partial charge in [-0.2, -0.15) is 0 Å². The van der Waals surface area contributed by atoms with E-state index < -0.39 is 0 Å². The van der Waals surface area contributed by atoms with E-state index in [1.54, 1.807) is 0 Å². The molecule has 0 spiro atoms. The highest BCUT2D eigenvalue weighted by Crippen LogP contribution is 2.15. The van der Waals surface area contributed by atoms with Crippen LogP contribution >= 0.6 is 15.9 Å². The SMILES string of the molecule is CC(C)(C)/C=C/CCCBr. The first-order valence-corrected chi connectivity index (χ1v) is 4.92. The Hall–Kier alpha value is 0.220. The lowest BCUT2D eigenvalue weighted by molar-refractivity contribution is 0.542. The first kappa shape index (κ1) is 10.2. The fourth-order valence-corrected chi connectivity index (χ4v) is 0.956. The number of hydrogen-bond donors (Lipinski definition) is 0. The van der Waals surface area contributed by atoms with Crippen LogP contribution < -0.4 is 0 Å². The molecule has 0 aromatic rings. The molecule has 0 atom stereocenters. The largest absolute Gasteiger partial charge is 0.0928 e. The van der Waals surface area contributed by atoms with Crippen molar-refractivity contribution in [2.45, 2.75) is 33.6 Å². The molecule has 0 amide bonds. The molecule has 0 nitrogen and oxygen atoms in total. The third-order valence-corrected chi connectivity index (χ3v) is 1.68. The van der Waals surface area contributed by atoms with Crippen molar-refractivity contribution >= 4 is 15.9 Å². The van der Waals surface area contributed by atoms with Crippen molar-refractivity contribution in [3.05, 3.63) is 12.2 Å². The molecule has 0 aliphatic rings. The minimum absolute atomic E-state index is 0.353. The van der Waals surface area contributed by atoms with Crippen molar-refractivity contribution < 1.29 is 0 Å². The van der Waals surface area contributed by atoms with Crippen molar-refractivity contribution in [1.82, 2.24) is 0 Å². The predicted molar refractivity (Wildman–Crippen MR) is 51.6 cm³/mol. The van der Waals surface area contributed by atoms with Crippen LogP contribution in [0.2, 0.25) is 0 Å². The number of halogens is 1. The lowest BCUT2D eigenvalue weighted by Gasteiger charge is -2.10. The van der Waals surface area contributed by atoms with Crippen LogP contribution in [0.3, 0.4) is 0 Å². The van der Waals surface area contributed by atoms with E-state index in [0.717, 1.165) is 5.33 Å². The summed E-state index contributed by atoms with van der Waals surface area (Å²) in [7, 11) is 0. The molecule has 0 saturated carbocycles. The summed E-state index contributed by atoms with van der Waals surface area (Å²) in [6, 6.07) is 0. The van der Waals surface area contributed by atoms with Gasteiger partial charge in [0.25, 0.3) is 0 Å². The summed E-state index contributed by atoms with van der Waals surface area (Å²) in [5.41, 5.74) is 0.353. The summed E-state index contributed by atoms with van der Waals surface area (Å²) >= 11 is 3.40. The van der Waals surface area contributed by atoms with Crippen LogP contribution in [-0.2, 0) is 0 Å². The number of rotatable bonds is 3. The highest BCUT2D eigenvalue weighted by atomic mass is 79.9. The Labute approximate surface area is 72.8 Å². The van der Waals surface area contributed by atoms with Crippen molar-refractivity contribution in [3.8, 4) is 0 Å². The van der Waals surface area contributed by atoms with Gasteiger partial charge in [-0.05, 0) is 18.3 Å². The van der Waals surface area contributed by atoms with Gasteiger partial charge in [-0.15, -0.1) is 0 Å². The maximum atomic E-state index is 3.40. The Morgan fingerprint density at radius 3 is 2.30 bits per heavy atom. The highest BCUT2D eigenvalue weighted by molar-refractivity contribution is 9.09. The molecule has 0 aromatic carbocycles. The smallest absolute Gasteiger partial charge is 0.00342 e. The first-order valence-electron chi connectivity index (χ1n) is 3.80. The molecule has 10 heavy (non-hydrogen) atoms. The quantitative estimate of drug-likeness (QED) is 0.374. The molecule has 0 saturated heterocycles. The zero-order valence-electron chi connectivity index (χ0n) is 7.15. The van der Waals surface area contributed by atoms with Crippen molar-refractivity contribution in [3.63, 3.8) is 0 Å². The Kier molecular flexibility index (Phi) is 5.06. The minimum Gasteiger partial charge on any atom is -0.0928 e. The first-order chi connectivity index (χ1) is 4.56. The number of hydrogen-bond acceptors (Lipinski definition) is 0. The maximum absolute atomic E-state index is 3.40. The van der Waals surface area contributed by atoms with Gasteiger partial charge < -0.3 is 0 Å². The van der Waals surface area contributed by atoms with Crippen molar-refractivity contribution in [2.24, 2.45) is 5.41 Å². The lowest BCUT2D eigenvalue weighted by Crippen LogP contribution is -1.97. The van der Waals surface area contributed by atoms with E-state index in [1.807, 2.05) is 0 Å². The van der Waals surface area contributed by atoms with E-state index in [0.29, 0.717) is 5.41 Å². The molecule has 0 heterocycles. The average Bonchev–Trinajstić information content (AvgIpc) is 1.78. The fourth-order valence-electron chi connectivity index (χ4n) is 0.632. The molecule has 1 heteroatoms. The zero-order chi connectivity index (χ0) is 8.04. The summed E-state index contributed by atoms with van der Waals surface area (Å²) in [4.78, 5) is 0. The summed E-state index contributed by atoms with van der Waals surface area (Å²) in [6.07, 6.45) is 6.98. The van der Waals surface area contributed by atoms with Crippen LogP contribution in [0.25, 0.3) is 0 Å². The van der Waals surface area contributed by atoms with Crippen molar-refractivity contribution in [1.29, 1.82) is 0 Å². The molecule has 0 rings (SSSR count). The Balaban J connectivity index is 3.37. The van der Waals surface area contributed by atoms with Crippen LogP contribution in [0.1, 0.15) is 33.6 Å². The van der Waals surface area contributed by atoms with Crippen LogP contribution in [-0.4, -0.2) is 5.33 Å². The van der Waals surface area contributed by atoms with Crippen LogP contribution in [0.15, 0.2) is 12.2 Å². The van der Waals surface area contributed by atoms with Gasteiger partial charge in [-0.3, -0.25) is 0 Å². The van der Waals surface area contributed by atoms with E-state index in [9.17, 15) is 0 Å². The molecular weight excluding hydrogens is 188 g/mol. The van der Waals surface area contributed by atoms with Gasteiger partial charge in [-0.25, -0.2) is 0 Å². The molecule has 0 unspecified atom stereocenters. The van der Waals surface area contributed by atoms with Gasteiger partial charge in [0.05, 0.1) is 0 Å². The molecule has 0 bridgehead atoms. The second-order valence-electron chi connectivity index (χ2n) is 3.60. The van der Waals surface area contributed by atoms with Gasteiger partial charge in [0.15, 0.2) is 0 Å². The Morgan fingerprint density at radius 1 is 1.30 bits per heavy atom. The molecule has 0 radical (unpaired) electrons. The second kappa shape index (κ2) is 4.95. The predicted octanol–water partition coefficient (Wildman–Crippen LogP) is 3.76. The maximum Gasteiger partial charge on any atom is 0.00342 e. The number of unbranched alkanes of at least 4 members (excludes halogenated alkanes) is 1. The van der Waals surface area contributed by atoms with E-state index >= 15 is 0 Å². The summed E-state index contributed by atoms with van der Waals surface area (Å²) in [6.45, 7) is 6.66. The monoisotopic (exact) mass is 204 g/mol. The normalized spacial score (nSPS) is 12.8. The highest BCUT2D eigenvalue weighted by Gasteiger charge is 2.01. The third kappa shape index (κ3) is 8.22. The fraction of sp³-hybridized carbons (Fsp3) is 0.778. The lowest BCUT2D eigenvalue weighted by atomic mass is 9.96. The molecule has 60 valence electrons. The second-order valence-corrected chi connectivity index (χ2v) is 4.39. The molecule has 0 aliphatic heterocycles. The Bertz CT molecular complexity index is 97.8. The van der Waals surface area contributed by atoms with Gasteiger partial charge in [0.1, 0.15) is 0 Å².